The standard InChI is InChI=1S/C12H11NO3/c1-15-9-4-2-3-7-10(9)13-12(14)8-5-6-16-11(7)8/h2-4,8H,5-6H2,1H3. The van der Waals surface area contributed by atoms with E-state index in [9.17, 15) is 4.79 Å². The molecule has 0 spiro atoms. The number of hydrogen-bond acceptors (Lipinski definition) is 3. The summed E-state index contributed by atoms with van der Waals surface area (Å²) in [5, 5.41) is 1.49. The Hall–Kier alpha value is -1.84. The Morgan fingerprint density at radius 3 is 3.19 bits per heavy atom. The first kappa shape index (κ1) is 9.39. The lowest BCUT2D eigenvalue weighted by atomic mass is 10.0. The second kappa shape index (κ2) is 3.33. The maximum atomic E-state index is 11.8. The van der Waals surface area contributed by atoms with Crippen LogP contribution in [-0.4, -0.2) is 19.6 Å². The molecule has 0 bridgehead atoms. The lowest BCUT2D eigenvalue weighted by Gasteiger charge is -2.12. The molecule has 82 valence electrons. The molecule has 4 nitrogen and oxygen atoms in total. The van der Waals surface area contributed by atoms with Crippen molar-refractivity contribution in [1.82, 2.24) is 0 Å². The number of methoxy groups -OCH3 is 1. The number of para-hydroxylation sites is 1. The van der Waals surface area contributed by atoms with Gasteiger partial charge in [0.1, 0.15) is 22.8 Å². The monoisotopic (exact) mass is 217 g/mol. The van der Waals surface area contributed by atoms with E-state index in [1.54, 1.807) is 13.2 Å². The molecule has 3 rings (SSSR count). The average Bonchev–Trinajstić information content (AvgIpc) is 2.78. The molecule has 1 aromatic rings. The minimum Gasteiger partial charge on any atom is -0.496 e. The third-order valence-electron chi connectivity index (χ3n) is 2.99. The maximum Gasteiger partial charge on any atom is 0.257 e. The van der Waals surface area contributed by atoms with Crippen molar-refractivity contribution in [3.8, 4) is 5.75 Å². The first-order valence-electron chi connectivity index (χ1n) is 5.24. The Labute approximate surface area is 92.2 Å². The summed E-state index contributed by atoms with van der Waals surface area (Å²) in [6.45, 7) is 0.595. The Bertz CT molecular complexity index is 576. The van der Waals surface area contributed by atoms with E-state index < -0.39 is 0 Å². The molecule has 2 heterocycles. The summed E-state index contributed by atoms with van der Waals surface area (Å²) in [6, 6.07) is 5.60. The molecule has 1 amide bonds. The van der Waals surface area contributed by atoms with Crippen LogP contribution in [0.1, 0.15) is 6.42 Å². The Balaban J connectivity index is 2.41. The predicted octanol–water partition coefficient (Wildman–Crippen LogP) is -0.000300. The molecule has 0 saturated carbocycles. The van der Waals surface area contributed by atoms with Crippen molar-refractivity contribution < 1.29 is 14.3 Å². The number of nitrogens with zero attached hydrogens (tertiary/aromatic N) is 1. The van der Waals surface area contributed by atoms with Gasteiger partial charge in [-0.1, -0.05) is 6.07 Å². The zero-order valence-electron chi connectivity index (χ0n) is 8.90. The molecule has 1 saturated heterocycles. The molecule has 1 unspecified atom stereocenters. The molecule has 0 N–H and O–H groups in total. The van der Waals surface area contributed by atoms with Gasteiger partial charge in [0.25, 0.3) is 5.91 Å². The second-order valence-electron chi connectivity index (χ2n) is 3.86. The van der Waals surface area contributed by atoms with Gasteiger partial charge < -0.3 is 9.47 Å². The summed E-state index contributed by atoms with van der Waals surface area (Å²) in [5.41, 5.74) is 0. The number of rotatable bonds is 1. The van der Waals surface area contributed by atoms with Crippen LogP contribution in [0.2, 0.25) is 0 Å². The van der Waals surface area contributed by atoms with Crippen molar-refractivity contribution in [3.63, 3.8) is 0 Å². The number of benzene rings is 1. The van der Waals surface area contributed by atoms with E-state index in [0.29, 0.717) is 17.7 Å². The second-order valence-corrected chi connectivity index (χ2v) is 3.86. The van der Waals surface area contributed by atoms with Crippen LogP contribution >= 0.6 is 0 Å². The van der Waals surface area contributed by atoms with Crippen LogP contribution < -0.4 is 15.3 Å². The topological polar surface area (TPSA) is 47.9 Å². The Morgan fingerprint density at radius 1 is 1.50 bits per heavy atom. The molecule has 1 fully saturated rings. The first-order valence-corrected chi connectivity index (χ1v) is 5.24. The van der Waals surface area contributed by atoms with Crippen molar-refractivity contribution in [2.75, 3.05) is 13.7 Å². The molecule has 4 heteroatoms. The summed E-state index contributed by atoms with van der Waals surface area (Å²) >= 11 is 0. The van der Waals surface area contributed by atoms with E-state index in [4.69, 9.17) is 9.47 Å². The minimum absolute atomic E-state index is 0.121. The van der Waals surface area contributed by atoms with Gasteiger partial charge in [-0.15, -0.1) is 0 Å². The van der Waals surface area contributed by atoms with E-state index >= 15 is 0 Å². The van der Waals surface area contributed by atoms with Gasteiger partial charge >= 0.3 is 0 Å². The third kappa shape index (κ3) is 1.16. The van der Waals surface area contributed by atoms with E-state index in [1.165, 1.54) is 0 Å². The molecule has 1 aromatic carbocycles. The van der Waals surface area contributed by atoms with E-state index in [2.05, 4.69) is 4.99 Å². The highest BCUT2D eigenvalue weighted by Gasteiger charge is 2.33. The summed E-state index contributed by atoms with van der Waals surface area (Å²) in [5.74, 6) is 1.07. The smallest absolute Gasteiger partial charge is 0.257 e. The molecule has 0 radical (unpaired) electrons. The van der Waals surface area contributed by atoms with Gasteiger partial charge in [-0.3, -0.25) is 4.79 Å². The quantitative estimate of drug-likeness (QED) is 0.665. The number of carbonyl (C=O) groups is 1. The number of fused-ring (bicyclic) bond motifs is 2. The fourth-order valence-corrected chi connectivity index (χ4v) is 2.21. The van der Waals surface area contributed by atoms with Crippen LogP contribution in [0.25, 0.3) is 5.76 Å². The number of hydrogen-bond donors (Lipinski definition) is 0. The van der Waals surface area contributed by atoms with Gasteiger partial charge in [0.05, 0.1) is 13.7 Å². The minimum atomic E-state index is -0.181. The summed E-state index contributed by atoms with van der Waals surface area (Å²) in [6.07, 6.45) is 0.730. The lowest BCUT2D eigenvalue weighted by Crippen LogP contribution is -2.37. The summed E-state index contributed by atoms with van der Waals surface area (Å²) in [7, 11) is 1.57. The van der Waals surface area contributed by atoms with Gasteiger partial charge in [0, 0.05) is 11.6 Å². The van der Waals surface area contributed by atoms with E-state index in [1.807, 2.05) is 12.1 Å². The van der Waals surface area contributed by atoms with Gasteiger partial charge in [0.15, 0.2) is 0 Å². The Morgan fingerprint density at radius 2 is 2.38 bits per heavy atom. The van der Waals surface area contributed by atoms with Crippen LogP contribution in [0.15, 0.2) is 23.2 Å². The van der Waals surface area contributed by atoms with Crippen molar-refractivity contribution in [1.29, 1.82) is 0 Å². The molecule has 0 aromatic heterocycles. The largest absolute Gasteiger partial charge is 0.496 e. The number of amides is 1. The SMILES string of the molecule is COc1cccc2c1=NC(=O)C1CCOC=21. The highest BCUT2D eigenvalue weighted by atomic mass is 16.5. The Kier molecular flexibility index (Phi) is 1.96. The number of ether oxygens (including phenoxy) is 2. The van der Waals surface area contributed by atoms with Crippen LogP contribution in [0, 0.1) is 5.92 Å². The summed E-state index contributed by atoms with van der Waals surface area (Å²) in [4.78, 5) is 15.9. The lowest BCUT2D eigenvalue weighted by molar-refractivity contribution is -0.120. The van der Waals surface area contributed by atoms with Crippen LogP contribution in [0.3, 0.4) is 0 Å². The average molecular weight is 217 g/mol. The maximum absolute atomic E-state index is 11.8. The van der Waals surface area contributed by atoms with Crippen molar-refractivity contribution in [2.24, 2.45) is 10.9 Å². The molecule has 0 aliphatic carbocycles. The van der Waals surface area contributed by atoms with E-state index in [-0.39, 0.29) is 11.8 Å². The highest BCUT2D eigenvalue weighted by molar-refractivity contribution is 5.89. The van der Waals surface area contributed by atoms with Crippen molar-refractivity contribution >= 4 is 11.7 Å². The van der Waals surface area contributed by atoms with Crippen LogP contribution in [0.4, 0.5) is 0 Å². The molecule has 2 aliphatic heterocycles. The normalized spacial score (nSPS) is 21.9. The molecule has 1 atom stereocenters. The molecule has 16 heavy (non-hydrogen) atoms. The molecular weight excluding hydrogens is 206 g/mol. The first-order chi connectivity index (χ1) is 7.81. The fraction of sp³-hybridized carbons (Fsp3) is 0.333. The predicted molar refractivity (Wildman–Crippen MR) is 56.2 cm³/mol. The van der Waals surface area contributed by atoms with Crippen LogP contribution in [0.5, 0.6) is 5.75 Å². The van der Waals surface area contributed by atoms with Crippen molar-refractivity contribution in [3.05, 3.63) is 28.8 Å². The zero-order valence-corrected chi connectivity index (χ0v) is 8.90. The number of carbonyl (C=O) groups excluding carboxylic acids is 1. The van der Waals surface area contributed by atoms with Gasteiger partial charge in [-0.25, -0.2) is 4.99 Å². The zero-order chi connectivity index (χ0) is 11.1. The van der Waals surface area contributed by atoms with Crippen molar-refractivity contribution in [2.45, 2.75) is 6.42 Å². The molecule has 2 aliphatic rings. The van der Waals surface area contributed by atoms with Gasteiger partial charge in [0.2, 0.25) is 0 Å². The fourth-order valence-electron chi connectivity index (χ4n) is 2.21. The summed E-state index contributed by atoms with van der Waals surface area (Å²) < 4.78 is 10.7. The van der Waals surface area contributed by atoms with Crippen LogP contribution in [-0.2, 0) is 9.53 Å². The van der Waals surface area contributed by atoms with E-state index in [0.717, 1.165) is 17.4 Å². The van der Waals surface area contributed by atoms with Gasteiger partial charge in [-0.2, -0.15) is 0 Å². The van der Waals surface area contributed by atoms with Gasteiger partial charge in [-0.05, 0) is 12.1 Å². The highest BCUT2D eigenvalue weighted by Crippen LogP contribution is 2.27. The molecular formula is C12H11NO3. The third-order valence-corrected chi connectivity index (χ3v) is 2.99.